The first-order valence-electron chi connectivity index (χ1n) is 6.03. The zero-order chi connectivity index (χ0) is 13.1. The van der Waals surface area contributed by atoms with Crippen molar-refractivity contribution in [3.63, 3.8) is 0 Å². The number of hydrogen-bond donors (Lipinski definition) is 1. The Morgan fingerprint density at radius 2 is 1.89 bits per heavy atom. The highest BCUT2D eigenvalue weighted by atomic mass is 16.5. The number of aliphatic carboxylic acids is 1. The molecule has 4 heteroatoms. The van der Waals surface area contributed by atoms with E-state index in [1.807, 2.05) is 12.1 Å². The highest BCUT2D eigenvalue weighted by molar-refractivity contribution is 5.89. The number of esters is 1. The first kappa shape index (κ1) is 12.6. The smallest absolute Gasteiger partial charge is 0.337 e. The van der Waals surface area contributed by atoms with Gasteiger partial charge in [0, 0.05) is 0 Å². The van der Waals surface area contributed by atoms with Crippen molar-refractivity contribution < 1.29 is 19.4 Å². The number of rotatable bonds is 3. The second kappa shape index (κ2) is 5.21. The van der Waals surface area contributed by atoms with Gasteiger partial charge in [-0.05, 0) is 42.9 Å². The highest BCUT2D eigenvalue weighted by Gasteiger charge is 2.30. The van der Waals surface area contributed by atoms with Crippen molar-refractivity contribution >= 4 is 11.9 Å². The van der Waals surface area contributed by atoms with E-state index in [2.05, 4.69) is 4.74 Å². The van der Waals surface area contributed by atoms with Crippen LogP contribution in [-0.2, 0) is 9.53 Å². The molecule has 2 atom stereocenters. The van der Waals surface area contributed by atoms with E-state index in [1.54, 1.807) is 12.1 Å². The van der Waals surface area contributed by atoms with Crippen LogP contribution in [0.25, 0.3) is 0 Å². The normalized spacial score (nSPS) is 22.7. The number of carbonyl (C=O) groups excluding carboxylic acids is 1. The van der Waals surface area contributed by atoms with E-state index in [0.717, 1.165) is 18.4 Å². The van der Waals surface area contributed by atoms with Crippen LogP contribution in [0, 0.1) is 5.92 Å². The molecule has 0 amide bonds. The molecule has 2 rings (SSSR count). The van der Waals surface area contributed by atoms with Crippen molar-refractivity contribution in [2.45, 2.75) is 25.2 Å². The number of methoxy groups -OCH3 is 1. The number of ether oxygens (including phenoxy) is 1. The van der Waals surface area contributed by atoms with Crippen LogP contribution in [0.2, 0.25) is 0 Å². The van der Waals surface area contributed by atoms with Crippen LogP contribution >= 0.6 is 0 Å². The number of carbonyl (C=O) groups is 2. The van der Waals surface area contributed by atoms with Crippen LogP contribution in [0.5, 0.6) is 0 Å². The number of benzene rings is 1. The molecule has 0 unspecified atom stereocenters. The van der Waals surface area contributed by atoms with Crippen molar-refractivity contribution in [2.24, 2.45) is 5.92 Å². The van der Waals surface area contributed by atoms with Gasteiger partial charge in [0.2, 0.25) is 0 Å². The summed E-state index contributed by atoms with van der Waals surface area (Å²) < 4.78 is 4.63. The topological polar surface area (TPSA) is 63.6 Å². The Bertz CT molecular complexity index is 449. The van der Waals surface area contributed by atoms with Crippen molar-refractivity contribution in [1.29, 1.82) is 0 Å². The van der Waals surface area contributed by atoms with E-state index in [1.165, 1.54) is 7.11 Å². The molecule has 0 spiro atoms. The van der Waals surface area contributed by atoms with Gasteiger partial charge >= 0.3 is 11.9 Å². The van der Waals surface area contributed by atoms with Crippen molar-refractivity contribution in [1.82, 2.24) is 0 Å². The molecule has 0 aliphatic heterocycles. The molecule has 4 nitrogen and oxygen atoms in total. The average Bonchev–Trinajstić information content (AvgIpc) is 2.88. The quantitative estimate of drug-likeness (QED) is 0.834. The fourth-order valence-corrected chi connectivity index (χ4v) is 2.52. The monoisotopic (exact) mass is 248 g/mol. The third-order valence-electron chi connectivity index (χ3n) is 3.59. The molecule has 1 aliphatic rings. The summed E-state index contributed by atoms with van der Waals surface area (Å²) in [6.45, 7) is 0. The van der Waals surface area contributed by atoms with Gasteiger partial charge in [-0.15, -0.1) is 0 Å². The van der Waals surface area contributed by atoms with Gasteiger partial charge in [-0.3, -0.25) is 4.79 Å². The van der Waals surface area contributed by atoms with Crippen LogP contribution in [0.1, 0.15) is 41.1 Å². The van der Waals surface area contributed by atoms with Crippen LogP contribution in [0.3, 0.4) is 0 Å². The molecule has 0 aromatic heterocycles. The molecule has 0 bridgehead atoms. The van der Waals surface area contributed by atoms with Crippen LogP contribution in [0.15, 0.2) is 24.3 Å². The molecule has 0 saturated heterocycles. The Morgan fingerprint density at radius 3 is 2.39 bits per heavy atom. The summed E-state index contributed by atoms with van der Waals surface area (Å²) in [6, 6.07) is 7.24. The Balaban J connectivity index is 2.07. The molecular formula is C14H16O4. The zero-order valence-electron chi connectivity index (χ0n) is 10.3. The maximum absolute atomic E-state index is 11.3. The third kappa shape index (κ3) is 2.53. The number of carboxylic acid groups (broad SMARTS) is 1. The second-order valence-electron chi connectivity index (χ2n) is 4.66. The van der Waals surface area contributed by atoms with E-state index in [4.69, 9.17) is 5.11 Å². The maximum Gasteiger partial charge on any atom is 0.337 e. The Hall–Kier alpha value is -1.84. The van der Waals surface area contributed by atoms with Crippen molar-refractivity contribution in [3.05, 3.63) is 35.4 Å². The molecule has 1 saturated carbocycles. The molecule has 1 N–H and O–H groups in total. The summed E-state index contributed by atoms with van der Waals surface area (Å²) in [6.07, 6.45) is 2.32. The average molecular weight is 248 g/mol. The Labute approximate surface area is 106 Å². The molecule has 96 valence electrons. The molecule has 18 heavy (non-hydrogen) atoms. The first-order chi connectivity index (χ1) is 8.61. The largest absolute Gasteiger partial charge is 0.481 e. The SMILES string of the molecule is COC(=O)c1ccc([C@@H]2CC[C@H](C(=O)O)C2)cc1. The maximum atomic E-state index is 11.3. The minimum atomic E-state index is -0.705. The van der Waals surface area contributed by atoms with Gasteiger partial charge in [-0.25, -0.2) is 4.79 Å². The molecule has 1 aliphatic carbocycles. The lowest BCUT2D eigenvalue weighted by molar-refractivity contribution is -0.141. The summed E-state index contributed by atoms with van der Waals surface area (Å²) >= 11 is 0. The standard InChI is InChI=1S/C14H16O4/c1-18-14(17)10-4-2-9(3-5-10)11-6-7-12(8-11)13(15)16/h2-5,11-12H,6-8H2,1H3,(H,15,16)/t11-,12+/m1/s1. The molecular weight excluding hydrogens is 232 g/mol. The molecule has 1 aromatic rings. The minimum Gasteiger partial charge on any atom is -0.481 e. The number of hydrogen-bond acceptors (Lipinski definition) is 3. The predicted octanol–water partition coefficient (Wildman–Crippen LogP) is 2.44. The molecule has 1 aromatic carbocycles. The third-order valence-corrected chi connectivity index (χ3v) is 3.59. The van der Waals surface area contributed by atoms with E-state index in [9.17, 15) is 9.59 Å². The van der Waals surface area contributed by atoms with Gasteiger partial charge in [-0.1, -0.05) is 12.1 Å². The molecule has 1 fully saturated rings. The van der Waals surface area contributed by atoms with Gasteiger partial charge in [-0.2, -0.15) is 0 Å². The van der Waals surface area contributed by atoms with Crippen molar-refractivity contribution in [3.8, 4) is 0 Å². The van der Waals surface area contributed by atoms with Crippen molar-refractivity contribution in [2.75, 3.05) is 7.11 Å². The summed E-state index contributed by atoms with van der Waals surface area (Å²) in [5.41, 5.74) is 1.63. The summed E-state index contributed by atoms with van der Waals surface area (Å²) in [7, 11) is 1.35. The van der Waals surface area contributed by atoms with Gasteiger partial charge in [0.05, 0.1) is 18.6 Å². The summed E-state index contributed by atoms with van der Waals surface area (Å²) in [5.74, 6) is -0.992. The lowest BCUT2D eigenvalue weighted by Crippen LogP contribution is -2.09. The zero-order valence-corrected chi connectivity index (χ0v) is 10.3. The number of carboxylic acids is 1. The van der Waals surface area contributed by atoms with Crippen LogP contribution in [0.4, 0.5) is 0 Å². The Morgan fingerprint density at radius 1 is 1.22 bits per heavy atom. The van der Waals surface area contributed by atoms with Gasteiger partial charge in [0.15, 0.2) is 0 Å². The highest BCUT2D eigenvalue weighted by Crippen LogP contribution is 2.38. The Kier molecular flexibility index (Phi) is 3.65. The molecule has 0 heterocycles. The molecule has 0 radical (unpaired) electrons. The van der Waals surface area contributed by atoms with Crippen LogP contribution < -0.4 is 0 Å². The van der Waals surface area contributed by atoms with Gasteiger partial charge in [0.25, 0.3) is 0 Å². The summed E-state index contributed by atoms with van der Waals surface area (Å²) in [4.78, 5) is 22.2. The van der Waals surface area contributed by atoms with Gasteiger partial charge < -0.3 is 9.84 Å². The summed E-state index contributed by atoms with van der Waals surface area (Å²) in [5, 5.41) is 8.97. The van der Waals surface area contributed by atoms with E-state index < -0.39 is 5.97 Å². The first-order valence-corrected chi connectivity index (χ1v) is 6.03. The lowest BCUT2D eigenvalue weighted by Gasteiger charge is -2.10. The second-order valence-corrected chi connectivity index (χ2v) is 4.66. The van der Waals surface area contributed by atoms with E-state index >= 15 is 0 Å². The fourth-order valence-electron chi connectivity index (χ4n) is 2.52. The van der Waals surface area contributed by atoms with Gasteiger partial charge in [0.1, 0.15) is 0 Å². The minimum absolute atomic E-state index is 0.227. The van der Waals surface area contributed by atoms with Crippen LogP contribution in [-0.4, -0.2) is 24.2 Å². The fraction of sp³-hybridized carbons (Fsp3) is 0.429. The van der Waals surface area contributed by atoms with E-state index in [-0.39, 0.29) is 17.8 Å². The lowest BCUT2D eigenvalue weighted by atomic mass is 9.95. The predicted molar refractivity (Wildman–Crippen MR) is 65.5 cm³/mol. The van der Waals surface area contributed by atoms with E-state index in [0.29, 0.717) is 12.0 Å².